The Morgan fingerprint density at radius 3 is 3.15 bits per heavy atom. The fourth-order valence-electron chi connectivity index (χ4n) is 2.08. The standard InChI is InChI=1S/C12H20N4O3S/c1-3-13-10(17)8(2)20-12-15-14-11(18)16(12)7-9-5-4-6-19-9/h8-9H,3-7H2,1-2H3,(H,13,17)(H,14,18)/t8-,9-/m1/s1. The van der Waals surface area contributed by atoms with Gasteiger partial charge in [-0.3, -0.25) is 9.36 Å². The first-order valence-electron chi connectivity index (χ1n) is 6.83. The molecule has 0 unspecified atom stereocenters. The van der Waals surface area contributed by atoms with Gasteiger partial charge in [0.05, 0.1) is 17.9 Å². The maximum absolute atomic E-state index is 11.8. The largest absolute Gasteiger partial charge is 0.376 e. The molecule has 112 valence electrons. The Labute approximate surface area is 121 Å². The minimum Gasteiger partial charge on any atom is -0.376 e. The number of nitrogens with one attached hydrogen (secondary N) is 2. The molecule has 1 saturated heterocycles. The van der Waals surface area contributed by atoms with E-state index in [0.717, 1.165) is 19.4 Å². The fourth-order valence-corrected chi connectivity index (χ4v) is 2.97. The average molecular weight is 300 g/mol. The van der Waals surface area contributed by atoms with Gasteiger partial charge in [0, 0.05) is 13.2 Å². The second-order valence-electron chi connectivity index (χ2n) is 4.71. The summed E-state index contributed by atoms with van der Waals surface area (Å²) >= 11 is 1.28. The second-order valence-corrected chi connectivity index (χ2v) is 6.02. The van der Waals surface area contributed by atoms with E-state index >= 15 is 0 Å². The van der Waals surface area contributed by atoms with Crippen molar-refractivity contribution in [2.24, 2.45) is 0 Å². The van der Waals surface area contributed by atoms with Crippen LogP contribution >= 0.6 is 11.8 Å². The van der Waals surface area contributed by atoms with Crippen LogP contribution in [0, 0.1) is 0 Å². The van der Waals surface area contributed by atoms with Crippen LogP contribution in [0.5, 0.6) is 0 Å². The van der Waals surface area contributed by atoms with Gasteiger partial charge in [-0.2, -0.15) is 0 Å². The third-order valence-electron chi connectivity index (χ3n) is 3.14. The molecule has 0 radical (unpaired) electrons. The van der Waals surface area contributed by atoms with E-state index in [1.54, 1.807) is 11.5 Å². The molecule has 2 N–H and O–H groups in total. The summed E-state index contributed by atoms with van der Waals surface area (Å²) < 4.78 is 7.09. The zero-order valence-electron chi connectivity index (χ0n) is 11.7. The lowest BCUT2D eigenvalue weighted by Crippen LogP contribution is -2.31. The van der Waals surface area contributed by atoms with Gasteiger partial charge in [-0.15, -0.1) is 5.10 Å². The summed E-state index contributed by atoms with van der Waals surface area (Å²) in [5.74, 6) is -0.0587. The molecule has 1 aromatic rings. The Morgan fingerprint density at radius 1 is 1.70 bits per heavy atom. The van der Waals surface area contributed by atoms with Crippen molar-refractivity contribution in [3.05, 3.63) is 10.5 Å². The van der Waals surface area contributed by atoms with Gasteiger partial charge in [0.15, 0.2) is 5.16 Å². The molecule has 2 heterocycles. The van der Waals surface area contributed by atoms with Crippen LogP contribution in [0.4, 0.5) is 0 Å². The molecule has 1 fully saturated rings. The number of aromatic nitrogens is 3. The van der Waals surface area contributed by atoms with Crippen molar-refractivity contribution in [3.8, 4) is 0 Å². The quantitative estimate of drug-likeness (QED) is 0.741. The zero-order valence-corrected chi connectivity index (χ0v) is 12.5. The topological polar surface area (TPSA) is 89.0 Å². The first-order chi connectivity index (χ1) is 9.61. The number of carbonyl (C=O) groups excluding carboxylic acids is 1. The summed E-state index contributed by atoms with van der Waals surface area (Å²) in [5, 5.41) is 9.42. The van der Waals surface area contributed by atoms with Crippen molar-refractivity contribution in [2.75, 3.05) is 13.2 Å². The normalized spacial score (nSPS) is 20.0. The van der Waals surface area contributed by atoms with Crippen molar-refractivity contribution < 1.29 is 9.53 Å². The minimum absolute atomic E-state index is 0.0587. The third kappa shape index (κ3) is 3.63. The van der Waals surface area contributed by atoms with E-state index in [0.29, 0.717) is 18.2 Å². The minimum atomic E-state index is -0.298. The van der Waals surface area contributed by atoms with Gasteiger partial charge < -0.3 is 10.1 Å². The summed E-state index contributed by atoms with van der Waals surface area (Å²) in [6.07, 6.45) is 2.03. The highest BCUT2D eigenvalue weighted by Crippen LogP contribution is 2.21. The molecule has 0 bridgehead atoms. The SMILES string of the molecule is CCNC(=O)[C@@H](C)Sc1n[nH]c(=O)n1C[C@H]1CCCO1. The predicted molar refractivity (Wildman–Crippen MR) is 75.8 cm³/mol. The number of carbonyl (C=O) groups is 1. The van der Waals surface area contributed by atoms with E-state index in [9.17, 15) is 9.59 Å². The average Bonchev–Trinajstić information content (AvgIpc) is 3.04. The number of H-pyrrole nitrogens is 1. The van der Waals surface area contributed by atoms with Crippen LogP contribution in [0.1, 0.15) is 26.7 Å². The number of rotatable bonds is 6. The summed E-state index contributed by atoms with van der Waals surface area (Å²) in [6, 6.07) is 0. The molecule has 2 rings (SSSR count). The predicted octanol–water partition coefficient (Wildman–Crippen LogP) is 0.367. The number of hydrogen-bond donors (Lipinski definition) is 2. The molecular weight excluding hydrogens is 280 g/mol. The van der Waals surface area contributed by atoms with E-state index in [1.165, 1.54) is 11.8 Å². The lowest BCUT2D eigenvalue weighted by molar-refractivity contribution is -0.120. The first-order valence-corrected chi connectivity index (χ1v) is 7.71. The zero-order chi connectivity index (χ0) is 14.5. The Hall–Kier alpha value is -1.28. The van der Waals surface area contributed by atoms with Gasteiger partial charge in [-0.05, 0) is 26.7 Å². The summed E-state index contributed by atoms with van der Waals surface area (Å²) in [6.45, 7) is 5.49. The summed E-state index contributed by atoms with van der Waals surface area (Å²) in [7, 11) is 0. The Kier molecular flexibility index (Phi) is 5.24. The van der Waals surface area contributed by atoms with Crippen molar-refractivity contribution in [2.45, 2.75) is 49.7 Å². The van der Waals surface area contributed by atoms with Crippen LogP contribution in [0.25, 0.3) is 0 Å². The van der Waals surface area contributed by atoms with Crippen LogP contribution in [0.2, 0.25) is 0 Å². The van der Waals surface area contributed by atoms with Gasteiger partial charge in [0.2, 0.25) is 5.91 Å². The van der Waals surface area contributed by atoms with E-state index in [4.69, 9.17) is 4.74 Å². The lowest BCUT2D eigenvalue weighted by atomic mass is 10.2. The van der Waals surface area contributed by atoms with Crippen molar-refractivity contribution in [3.63, 3.8) is 0 Å². The van der Waals surface area contributed by atoms with Gasteiger partial charge >= 0.3 is 5.69 Å². The number of ether oxygens (including phenoxy) is 1. The van der Waals surface area contributed by atoms with E-state index in [2.05, 4.69) is 15.5 Å². The van der Waals surface area contributed by atoms with Crippen LogP contribution in [0.3, 0.4) is 0 Å². The Morgan fingerprint density at radius 2 is 2.50 bits per heavy atom. The monoisotopic (exact) mass is 300 g/mol. The second kappa shape index (κ2) is 6.94. The molecule has 20 heavy (non-hydrogen) atoms. The van der Waals surface area contributed by atoms with Gasteiger partial charge in [0.25, 0.3) is 0 Å². The summed E-state index contributed by atoms with van der Waals surface area (Å²) in [5.41, 5.74) is -0.258. The molecule has 1 aliphatic rings. The highest BCUT2D eigenvalue weighted by Gasteiger charge is 2.22. The molecule has 1 aliphatic heterocycles. The number of hydrogen-bond acceptors (Lipinski definition) is 5. The number of nitrogens with zero attached hydrogens (tertiary/aromatic N) is 2. The molecule has 1 amide bonds. The fraction of sp³-hybridized carbons (Fsp3) is 0.750. The van der Waals surface area contributed by atoms with Crippen molar-refractivity contribution in [1.29, 1.82) is 0 Å². The highest BCUT2D eigenvalue weighted by molar-refractivity contribution is 8.00. The molecule has 1 aromatic heterocycles. The first kappa shape index (κ1) is 15.1. The third-order valence-corrected chi connectivity index (χ3v) is 4.23. The maximum atomic E-state index is 11.8. The Bertz CT molecular complexity index is 507. The summed E-state index contributed by atoms with van der Waals surface area (Å²) in [4.78, 5) is 23.5. The van der Waals surface area contributed by atoms with Gasteiger partial charge in [-0.1, -0.05) is 11.8 Å². The molecule has 8 heteroatoms. The van der Waals surface area contributed by atoms with Crippen LogP contribution < -0.4 is 11.0 Å². The van der Waals surface area contributed by atoms with Gasteiger partial charge in [-0.25, -0.2) is 9.89 Å². The van der Waals surface area contributed by atoms with Crippen molar-refractivity contribution >= 4 is 17.7 Å². The molecule has 0 saturated carbocycles. The molecule has 7 nitrogen and oxygen atoms in total. The van der Waals surface area contributed by atoms with Crippen LogP contribution in [-0.4, -0.2) is 45.2 Å². The number of amides is 1. The molecule has 0 spiro atoms. The maximum Gasteiger partial charge on any atom is 0.344 e. The molecule has 0 aromatic carbocycles. The van der Waals surface area contributed by atoms with Crippen LogP contribution in [-0.2, 0) is 16.1 Å². The molecule has 0 aliphatic carbocycles. The van der Waals surface area contributed by atoms with E-state index in [-0.39, 0.29) is 23.0 Å². The van der Waals surface area contributed by atoms with E-state index < -0.39 is 0 Å². The Balaban J connectivity index is 2.04. The number of aromatic amines is 1. The molecule has 2 atom stereocenters. The van der Waals surface area contributed by atoms with Gasteiger partial charge in [0.1, 0.15) is 0 Å². The van der Waals surface area contributed by atoms with E-state index in [1.807, 2.05) is 6.92 Å². The van der Waals surface area contributed by atoms with Crippen molar-refractivity contribution in [1.82, 2.24) is 20.1 Å². The lowest BCUT2D eigenvalue weighted by Gasteiger charge is -2.13. The van der Waals surface area contributed by atoms with Crippen LogP contribution in [0.15, 0.2) is 9.95 Å². The highest BCUT2D eigenvalue weighted by atomic mass is 32.2. The molecular formula is C12H20N4O3S. The smallest absolute Gasteiger partial charge is 0.344 e. The number of thioether (sulfide) groups is 1.